The first-order chi connectivity index (χ1) is 7.83. The van der Waals surface area contributed by atoms with Crippen LogP contribution in [-0.4, -0.2) is 16.0 Å². The first-order valence-corrected chi connectivity index (χ1v) is 6.45. The molecule has 1 aromatic rings. The molecule has 3 saturated carbocycles. The predicted octanol–water partition coefficient (Wildman–Crippen LogP) is 2.59. The second kappa shape index (κ2) is 3.10. The quantitative estimate of drug-likeness (QED) is 0.856. The summed E-state index contributed by atoms with van der Waals surface area (Å²) in [6, 6.07) is 0.646. The van der Waals surface area contributed by atoms with Crippen molar-refractivity contribution in [1.82, 2.24) is 9.97 Å². The summed E-state index contributed by atoms with van der Waals surface area (Å²) >= 11 is 5.76. The number of fused-ring (bicyclic) bond motifs is 5. The van der Waals surface area contributed by atoms with Crippen LogP contribution < -0.4 is 5.32 Å². The highest BCUT2D eigenvalue weighted by Gasteiger charge is 2.65. The Hall–Kier alpha value is -0.830. The van der Waals surface area contributed by atoms with Crippen molar-refractivity contribution in [1.29, 1.82) is 0 Å². The van der Waals surface area contributed by atoms with Gasteiger partial charge in [-0.15, -0.1) is 0 Å². The van der Waals surface area contributed by atoms with Crippen molar-refractivity contribution in [3.05, 3.63) is 17.4 Å². The van der Waals surface area contributed by atoms with E-state index >= 15 is 0 Å². The highest BCUT2D eigenvalue weighted by atomic mass is 35.5. The maximum atomic E-state index is 5.76. The van der Waals surface area contributed by atoms with Crippen LogP contribution >= 0.6 is 11.6 Å². The molecule has 0 radical (unpaired) electrons. The van der Waals surface area contributed by atoms with Crippen LogP contribution in [0.3, 0.4) is 0 Å². The molecule has 3 aliphatic carbocycles. The largest absolute Gasteiger partial charge is 0.351 e. The van der Waals surface area contributed by atoms with Gasteiger partial charge in [-0.25, -0.2) is 9.97 Å². The third-order valence-electron chi connectivity index (χ3n) is 4.65. The molecule has 3 aliphatic rings. The predicted molar refractivity (Wildman–Crippen MR) is 62.3 cm³/mol. The Morgan fingerprint density at radius 2 is 1.75 bits per heavy atom. The van der Waals surface area contributed by atoms with Crippen molar-refractivity contribution in [2.75, 3.05) is 5.32 Å². The smallest absolute Gasteiger partial charge is 0.222 e. The van der Waals surface area contributed by atoms with Gasteiger partial charge in [-0.2, -0.15) is 0 Å². The van der Waals surface area contributed by atoms with E-state index in [9.17, 15) is 0 Å². The lowest BCUT2D eigenvalue weighted by molar-refractivity contribution is 0.456. The van der Waals surface area contributed by atoms with Gasteiger partial charge in [0, 0.05) is 6.04 Å². The van der Waals surface area contributed by atoms with Gasteiger partial charge < -0.3 is 5.32 Å². The number of aromatic nitrogens is 2. The fraction of sp³-hybridized carbons (Fsp3) is 0.667. The standard InChI is InChI=1S/C12H14ClN3/c13-8-4-14-12(15-5-8)16-11-9-6-1-2-7(3-6)10(9)11/h4-7,9-11H,1-3H2,(H,14,15,16). The van der Waals surface area contributed by atoms with Crippen LogP contribution in [0, 0.1) is 23.7 Å². The number of hydrogen-bond donors (Lipinski definition) is 1. The average molecular weight is 236 g/mol. The molecular weight excluding hydrogens is 222 g/mol. The third kappa shape index (κ3) is 1.21. The molecule has 3 fully saturated rings. The number of halogens is 1. The second-order valence-corrected chi connectivity index (χ2v) is 5.82. The number of hydrogen-bond acceptors (Lipinski definition) is 3. The fourth-order valence-corrected chi connectivity index (χ4v) is 4.15. The SMILES string of the molecule is Clc1cnc(NC2C3C4CCC(C4)C23)nc1. The molecule has 4 rings (SSSR count). The van der Waals surface area contributed by atoms with E-state index in [0.717, 1.165) is 29.6 Å². The van der Waals surface area contributed by atoms with Crippen LogP contribution in [0.25, 0.3) is 0 Å². The zero-order chi connectivity index (χ0) is 10.7. The van der Waals surface area contributed by atoms with E-state index in [-0.39, 0.29) is 0 Å². The fourth-order valence-electron chi connectivity index (χ4n) is 4.05. The van der Waals surface area contributed by atoms with Gasteiger partial charge in [0.05, 0.1) is 17.4 Å². The van der Waals surface area contributed by atoms with Crippen LogP contribution in [0.1, 0.15) is 19.3 Å². The van der Waals surface area contributed by atoms with Gasteiger partial charge in [-0.05, 0) is 42.9 Å². The van der Waals surface area contributed by atoms with Gasteiger partial charge in [0.1, 0.15) is 0 Å². The lowest BCUT2D eigenvalue weighted by atomic mass is 10.0. The van der Waals surface area contributed by atoms with Gasteiger partial charge in [0.2, 0.25) is 5.95 Å². The Morgan fingerprint density at radius 1 is 1.12 bits per heavy atom. The molecule has 84 valence electrons. The molecule has 2 bridgehead atoms. The van der Waals surface area contributed by atoms with Gasteiger partial charge >= 0.3 is 0 Å². The molecular formula is C12H14ClN3. The van der Waals surface area contributed by atoms with E-state index in [2.05, 4.69) is 15.3 Å². The summed E-state index contributed by atoms with van der Waals surface area (Å²) in [5.41, 5.74) is 0. The Bertz CT molecular complexity index is 403. The van der Waals surface area contributed by atoms with Crippen LogP contribution in [0.15, 0.2) is 12.4 Å². The molecule has 0 aromatic carbocycles. The molecule has 0 amide bonds. The number of nitrogens with zero attached hydrogens (tertiary/aromatic N) is 2. The van der Waals surface area contributed by atoms with Gasteiger partial charge in [-0.3, -0.25) is 0 Å². The summed E-state index contributed by atoms with van der Waals surface area (Å²) in [6.45, 7) is 0. The highest BCUT2D eigenvalue weighted by molar-refractivity contribution is 6.30. The molecule has 0 aliphatic heterocycles. The summed E-state index contributed by atoms with van der Waals surface area (Å²) in [5, 5.41) is 4.06. The minimum atomic E-state index is 0.599. The summed E-state index contributed by atoms with van der Waals surface area (Å²) < 4.78 is 0. The van der Waals surface area contributed by atoms with Crippen LogP contribution in [-0.2, 0) is 0 Å². The first kappa shape index (κ1) is 9.23. The molecule has 0 spiro atoms. The highest BCUT2D eigenvalue weighted by Crippen LogP contribution is 2.66. The van der Waals surface area contributed by atoms with Gasteiger partial charge in [-0.1, -0.05) is 11.6 Å². The number of nitrogens with one attached hydrogen (secondary N) is 1. The van der Waals surface area contributed by atoms with Crippen LogP contribution in [0.2, 0.25) is 5.02 Å². The summed E-state index contributed by atoms with van der Waals surface area (Å²) in [7, 11) is 0. The molecule has 0 saturated heterocycles. The summed E-state index contributed by atoms with van der Waals surface area (Å²) in [5.74, 6) is 4.54. The number of rotatable bonds is 2. The maximum absolute atomic E-state index is 5.76. The van der Waals surface area contributed by atoms with E-state index in [1.54, 1.807) is 12.4 Å². The molecule has 16 heavy (non-hydrogen) atoms. The summed E-state index contributed by atoms with van der Waals surface area (Å²) in [4.78, 5) is 8.40. The van der Waals surface area contributed by atoms with E-state index in [0.29, 0.717) is 11.1 Å². The molecule has 4 atom stereocenters. The number of anilines is 1. The van der Waals surface area contributed by atoms with E-state index < -0.39 is 0 Å². The Balaban J connectivity index is 1.48. The van der Waals surface area contributed by atoms with Crippen molar-refractivity contribution in [2.45, 2.75) is 25.3 Å². The van der Waals surface area contributed by atoms with E-state index in [4.69, 9.17) is 11.6 Å². The Morgan fingerprint density at radius 3 is 2.38 bits per heavy atom. The zero-order valence-electron chi connectivity index (χ0n) is 8.94. The van der Waals surface area contributed by atoms with Gasteiger partial charge in [0.15, 0.2) is 0 Å². The minimum Gasteiger partial charge on any atom is -0.351 e. The van der Waals surface area contributed by atoms with Crippen LogP contribution in [0.4, 0.5) is 5.95 Å². The van der Waals surface area contributed by atoms with E-state index in [1.165, 1.54) is 19.3 Å². The molecule has 4 unspecified atom stereocenters. The van der Waals surface area contributed by atoms with Crippen LogP contribution in [0.5, 0.6) is 0 Å². The van der Waals surface area contributed by atoms with Crippen molar-refractivity contribution < 1.29 is 0 Å². The van der Waals surface area contributed by atoms with E-state index in [1.807, 2.05) is 0 Å². The average Bonchev–Trinajstić information content (AvgIpc) is 2.72. The lowest BCUT2D eigenvalue weighted by Crippen LogP contribution is -2.14. The van der Waals surface area contributed by atoms with Crippen molar-refractivity contribution in [2.24, 2.45) is 23.7 Å². The Labute approximate surface area is 99.6 Å². The van der Waals surface area contributed by atoms with Crippen molar-refractivity contribution >= 4 is 17.5 Å². The topological polar surface area (TPSA) is 37.8 Å². The first-order valence-electron chi connectivity index (χ1n) is 6.07. The van der Waals surface area contributed by atoms with Crippen molar-refractivity contribution in [3.8, 4) is 0 Å². The minimum absolute atomic E-state index is 0.599. The molecule has 4 heteroatoms. The lowest BCUT2D eigenvalue weighted by Gasteiger charge is -2.09. The molecule has 3 nitrogen and oxygen atoms in total. The zero-order valence-corrected chi connectivity index (χ0v) is 9.69. The van der Waals surface area contributed by atoms with Gasteiger partial charge in [0.25, 0.3) is 0 Å². The van der Waals surface area contributed by atoms with Crippen molar-refractivity contribution in [3.63, 3.8) is 0 Å². The molecule has 1 N–H and O–H groups in total. The Kier molecular flexibility index (Phi) is 1.79. The molecule has 1 heterocycles. The molecule has 1 aromatic heterocycles. The maximum Gasteiger partial charge on any atom is 0.222 e. The monoisotopic (exact) mass is 235 g/mol. The summed E-state index contributed by atoms with van der Waals surface area (Å²) in [6.07, 6.45) is 7.69. The normalized spacial score (nSPS) is 43.2. The third-order valence-corrected chi connectivity index (χ3v) is 4.85. The second-order valence-electron chi connectivity index (χ2n) is 5.38.